The van der Waals surface area contributed by atoms with Crippen molar-refractivity contribution >= 4 is 32.6 Å². The number of anilines is 1. The predicted molar refractivity (Wildman–Crippen MR) is 128 cm³/mol. The third-order valence-electron chi connectivity index (χ3n) is 6.60. The zero-order chi connectivity index (χ0) is 23.7. The molecule has 2 aliphatic heterocycles. The maximum Gasteiger partial charge on any atom is 0.276 e. The summed E-state index contributed by atoms with van der Waals surface area (Å²) in [5.41, 5.74) is 1.62. The average Bonchev–Trinajstić information content (AvgIpc) is 3.32. The van der Waals surface area contributed by atoms with Gasteiger partial charge < -0.3 is 19.1 Å². The summed E-state index contributed by atoms with van der Waals surface area (Å²) in [6.07, 6.45) is 3.03. The van der Waals surface area contributed by atoms with E-state index in [0.717, 1.165) is 30.7 Å². The smallest absolute Gasteiger partial charge is 0.276 e. The second kappa shape index (κ2) is 9.27. The van der Waals surface area contributed by atoms with E-state index in [-0.39, 0.29) is 16.5 Å². The van der Waals surface area contributed by atoms with E-state index in [2.05, 4.69) is 10.1 Å². The molecule has 1 amide bonds. The van der Waals surface area contributed by atoms with Gasteiger partial charge in [-0.2, -0.15) is 4.31 Å². The third-order valence-corrected chi connectivity index (χ3v) is 8.50. The SMILES string of the molecule is COc1ccc(N2CCN(S(=O)(=O)c3ccc4onc(C(=O)N5CCCCC5)c4c3)CC2)cc1. The van der Waals surface area contributed by atoms with Crippen molar-refractivity contribution in [1.29, 1.82) is 0 Å². The predicted octanol–water partition coefficient (Wildman–Crippen LogP) is 2.97. The lowest BCUT2D eigenvalue weighted by molar-refractivity contribution is 0.0715. The van der Waals surface area contributed by atoms with Gasteiger partial charge in [-0.05, 0) is 61.7 Å². The van der Waals surface area contributed by atoms with Crippen molar-refractivity contribution in [2.24, 2.45) is 0 Å². The maximum atomic E-state index is 13.4. The number of nitrogens with zero attached hydrogens (tertiary/aromatic N) is 4. The Bertz CT molecular complexity index is 1270. The van der Waals surface area contributed by atoms with Crippen LogP contribution in [0.4, 0.5) is 5.69 Å². The number of amides is 1. The van der Waals surface area contributed by atoms with Crippen molar-refractivity contribution in [3.05, 3.63) is 48.2 Å². The highest BCUT2D eigenvalue weighted by Crippen LogP contribution is 2.28. The van der Waals surface area contributed by atoms with Crippen molar-refractivity contribution in [3.8, 4) is 5.75 Å². The molecule has 3 aromatic rings. The van der Waals surface area contributed by atoms with E-state index < -0.39 is 10.0 Å². The van der Waals surface area contributed by atoms with Crippen LogP contribution in [-0.2, 0) is 10.0 Å². The number of carbonyl (C=O) groups is 1. The van der Waals surface area contributed by atoms with E-state index >= 15 is 0 Å². The number of piperazine rings is 1. The Hall–Kier alpha value is -3.11. The Labute approximate surface area is 198 Å². The van der Waals surface area contributed by atoms with Gasteiger partial charge in [-0.3, -0.25) is 4.79 Å². The number of hydrogen-bond donors (Lipinski definition) is 0. The van der Waals surface area contributed by atoms with Crippen molar-refractivity contribution < 1.29 is 22.5 Å². The van der Waals surface area contributed by atoms with Gasteiger partial charge in [0.15, 0.2) is 11.3 Å². The highest BCUT2D eigenvalue weighted by atomic mass is 32.2. The van der Waals surface area contributed by atoms with E-state index in [9.17, 15) is 13.2 Å². The molecule has 5 rings (SSSR count). The summed E-state index contributed by atoms with van der Waals surface area (Å²) in [5.74, 6) is 0.577. The summed E-state index contributed by atoms with van der Waals surface area (Å²) in [4.78, 5) is 17.0. The third kappa shape index (κ3) is 4.23. The first-order valence-electron chi connectivity index (χ1n) is 11.6. The summed E-state index contributed by atoms with van der Waals surface area (Å²) < 4.78 is 38.8. The van der Waals surface area contributed by atoms with Gasteiger partial charge in [0.05, 0.1) is 17.4 Å². The lowest BCUT2D eigenvalue weighted by Gasteiger charge is -2.35. The summed E-state index contributed by atoms with van der Waals surface area (Å²) in [6.45, 7) is 3.28. The van der Waals surface area contributed by atoms with E-state index in [1.54, 1.807) is 18.1 Å². The molecule has 2 aliphatic rings. The van der Waals surface area contributed by atoms with E-state index in [4.69, 9.17) is 9.26 Å². The number of ether oxygens (including phenoxy) is 1. The molecule has 3 heterocycles. The highest BCUT2D eigenvalue weighted by Gasteiger charge is 2.30. The number of aromatic nitrogens is 1. The first-order valence-corrected chi connectivity index (χ1v) is 13.0. The minimum atomic E-state index is -3.72. The van der Waals surface area contributed by atoms with E-state index in [0.29, 0.717) is 50.2 Å². The summed E-state index contributed by atoms with van der Waals surface area (Å²) >= 11 is 0. The van der Waals surface area contributed by atoms with Crippen molar-refractivity contribution in [2.75, 3.05) is 51.3 Å². The van der Waals surface area contributed by atoms with Gasteiger partial charge in [-0.25, -0.2) is 8.42 Å². The minimum absolute atomic E-state index is 0.147. The van der Waals surface area contributed by atoms with Gasteiger partial charge in [-0.1, -0.05) is 5.16 Å². The zero-order valence-electron chi connectivity index (χ0n) is 19.1. The Morgan fingerprint density at radius 3 is 2.32 bits per heavy atom. The maximum absolute atomic E-state index is 13.4. The topological polar surface area (TPSA) is 96.2 Å². The van der Waals surface area contributed by atoms with Crippen LogP contribution in [0, 0.1) is 0 Å². The molecule has 0 saturated carbocycles. The standard InChI is InChI=1S/C24H28N4O5S/c1-32-19-7-5-18(6-8-19)26-13-15-28(16-14-26)34(30,31)20-9-10-22-21(17-20)23(25-33-22)24(29)27-11-3-2-4-12-27/h5-10,17H,2-4,11-16H2,1H3. The summed E-state index contributed by atoms with van der Waals surface area (Å²) in [7, 11) is -2.10. The first kappa shape index (κ1) is 22.7. The molecule has 2 saturated heterocycles. The van der Waals surface area contributed by atoms with Crippen LogP contribution in [0.1, 0.15) is 29.8 Å². The van der Waals surface area contributed by atoms with Crippen LogP contribution in [-0.4, -0.2) is 75.1 Å². The van der Waals surface area contributed by atoms with Gasteiger partial charge in [0, 0.05) is 45.0 Å². The van der Waals surface area contributed by atoms with Crippen LogP contribution in [0.15, 0.2) is 51.9 Å². The molecule has 10 heteroatoms. The van der Waals surface area contributed by atoms with Crippen molar-refractivity contribution in [1.82, 2.24) is 14.4 Å². The van der Waals surface area contributed by atoms with Crippen molar-refractivity contribution in [2.45, 2.75) is 24.2 Å². The molecule has 2 aromatic carbocycles. The van der Waals surface area contributed by atoms with Gasteiger partial charge in [0.25, 0.3) is 5.91 Å². The lowest BCUT2D eigenvalue weighted by Crippen LogP contribution is -2.48. The molecule has 0 spiro atoms. The Kier molecular flexibility index (Phi) is 6.18. The second-order valence-electron chi connectivity index (χ2n) is 8.63. The Morgan fingerprint density at radius 1 is 0.941 bits per heavy atom. The molecule has 34 heavy (non-hydrogen) atoms. The monoisotopic (exact) mass is 484 g/mol. The summed E-state index contributed by atoms with van der Waals surface area (Å²) in [5, 5.41) is 4.41. The number of benzene rings is 2. The molecule has 0 unspecified atom stereocenters. The van der Waals surface area contributed by atoms with Crippen LogP contribution in [0.2, 0.25) is 0 Å². The number of piperidine rings is 1. The van der Waals surface area contributed by atoms with Crippen molar-refractivity contribution in [3.63, 3.8) is 0 Å². The number of fused-ring (bicyclic) bond motifs is 1. The average molecular weight is 485 g/mol. The highest BCUT2D eigenvalue weighted by molar-refractivity contribution is 7.89. The molecule has 0 radical (unpaired) electrons. The molecule has 0 aliphatic carbocycles. The van der Waals surface area contributed by atoms with Crippen LogP contribution >= 0.6 is 0 Å². The second-order valence-corrected chi connectivity index (χ2v) is 10.6. The van der Waals surface area contributed by atoms with Gasteiger partial charge >= 0.3 is 0 Å². The molecular weight excluding hydrogens is 456 g/mol. The summed E-state index contributed by atoms with van der Waals surface area (Å²) in [6, 6.07) is 12.4. The molecule has 1 aromatic heterocycles. The van der Waals surface area contributed by atoms with Crippen LogP contribution in [0.25, 0.3) is 11.0 Å². The van der Waals surface area contributed by atoms with E-state index in [1.807, 2.05) is 24.3 Å². The lowest BCUT2D eigenvalue weighted by atomic mass is 10.1. The molecule has 0 atom stereocenters. The fourth-order valence-electron chi connectivity index (χ4n) is 4.61. The zero-order valence-corrected chi connectivity index (χ0v) is 20.0. The fraction of sp³-hybridized carbons (Fsp3) is 0.417. The normalized spacial score (nSPS) is 17.8. The number of likely N-dealkylation sites (tertiary alicyclic amines) is 1. The molecular formula is C24H28N4O5S. The largest absolute Gasteiger partial charge is 0.497 e. The molecule has 0 bridgehead atoms. The quantitative estimate of drug-likeness (QED) is 0.549. The number of carbonyl (C=O) groups excluding carboxylic acids is 1. The number of hydrogen-bond acceptors (Lipinski definition) is 7. The van der Waals surface area contributed by atoms with Crippen LogP contribution in [0.5, 0.6) is 5.75 Å². The first-order chi connectivity index (χ1) is 16.5. The Morgan fingerprint density at radius 2 is 1.65 bits per heavy atom. The number of sulfonamides is 1. The fourth-order valence-corrected chi connectivity index (χ4v) is 6.06. The van der Waals surface area contributed by atoms with Crippen LogP contribution in [0.3, 0.4) is 0 Å². The van der Waals surface area contributed by atoms with Crippen LogP contribution < -0.4 is 9.64 Å². The number of methoxy groups -OCH3 is 1. The van der Waals surface area contributed by atoms with Gasteiger partial charge in [0.1, 0.15) is 5.75 Å². The molecule has 180 valence electrons. The Balaban J connectivity index is 1.34. The van der Waals surface area contributed by atoms with Gasteiger partial charge in [0.2, 0.25) is 10.0 Å². The van der Waals surface area contributed by atoms with Gasteiger partial charge in [-0.15, -0.1) is 0 Å². The molecule has 0 N–H and O–H groups in total. The molecule has 2 fully saturated rings. The molecule has 9 nitrogen and oxygen atoms in total. The minimum Gasteiger partial charge on any atom is -0.497 e. The van der Waals surface area contributed by atoms with E-state index in [1.165, 1.54) is 16.4 Å². The number of rotatable bonds is 5.